The molecule has 1 atom stereocenters. The highest BCUT2D eigenvalue weighted by atomic mass is 127. The molecule has 1 unspecified atom stereocenters. The first-order chi connectivity index (χ1) is 15.7. The monoisotopic (exact) mass is 567 g/mol. The van der Waals surface area contributed by atoms with E-state index in [0.717, 1.165) is 69.5 Å². The number of benzene rings is 2. The van der Waals surface area contributed by atoms with Gasteiger partial charge in [-0.05, 0) is 43.4 Å². The van der Waals surface area contributed by atoms with Crippen LogP contribution < -0.4 is 15.4 Å². The van der Waals surface area contributed by atoms with E-state index in [4.69, 9.17) is 14.2 Å². The molecular formula is C26H38IN3O3. The highest BCUT2D eigenvalue weighted by Gasteiger charge is 2.17. The minimum Gasteiger partial charge on any atom is -0.493 e. The van der Waals surface area contributed by atoms with Crippen molar-refractivity contribution in [2.45, 2.75) is 32.7 Å². The fraction of sp³-hybridized carbons (Fsp3) is 0.500. The number of rotatable bonds is 12. The zero-order valence-corrected chi connectivity index (χ0v) is 22.2. The van der Waals surface area contributed by atoms with Crippen molar-refractivity contribution in [3.63, 3.8) is 0 Å². The second-order valence-corrected chi connectivity index (χ2v) is 8.21. The van der Waals surface area contributed by atoms with Gasteiger partial charge in [-0.1, -0.05) is 42.5 Å². The van der Waals surface area contributed by atoms with Crippen molar-refractivity contribution in [3.8, 4) is 5.75 Å². The Hall–Kier alpha value is -1.84. The maximum Gasteiger partial charge on any atom is 0.191 e. The van der Waals surface area contributed by atoms with E-state index in [0.29, 0.717) is 19.1 Å². The number of halogens is 1. The summed E-state index contributed by atoms with van der Waals surface area (Å²) in [5, 5.41) is 6.75. The third-order valence-corrected chi connectivity index (χ3v) is 5.53. The van der Waals surface area contributed by atoms with Crippen LogP contribution in [0.1, 0.15) is 29.5 Å². The van der Waals surface area contributed by atoms with Crippen molar-refractivity contribution in [1.82, 2.24) is 10.6 Å². The highest BCUT2D eigenvalue weighted by Crippen LogP contribution is 2.22. The number of nitrogens with zero attached hydrogens (tertiary/aromatic N) is 1. The van der Waals surface area contributed by atoms with E-state index in [1.54, 1.807) is 7.05 Å². The predicted octanol–water partition coefficient (Wildman–Crippen LogP) is 4.34. The summed E-state index contributed by atoms with van der Waals surface area (Å²) in [6.45, 7) is 7.38. The molecule has 0 spiro atoms. The summed E-state index contributed by atoms with van der Waals surface area (Å²) in [6.07, 6.45) is 2.95. The lowest BCUT2D eigenvalue weighted by molar-refractivity contribution is 0.135. The Morgan fingerprint density at radius 3 is 2.73 bits per heavy atom. The summed E-state index contributed by atoms with van der Waals surface area (Å²) in [6, 6.07) is 16.8. The SMILES string of the molecule is CN=C(NCCCOCCc1ccccc1)NCc1ccc(C)cc1OCC1CCOC1.I. The Labute approximate surface area is 215 Å². The third kappa shape index (κ3) is 10.3. The molecule has 0 amide bonds. The van der Waals surface area contributed by atoms with Gasteiger partial charge in [0.1, 0.15) is 5.75 Å². The normalized spacial score (nSPS) is 15.7. The van der Waals surface area contributed by atoms with Crippen LogP contribution >= 0.6 is 24.0 Å². The number of guanidine groups is 1. The van der Waals surface area contributed by atoms with Crippen LogP contribution in [-0.4, -0.2) is 52.6 Å². The fourth-order valence-electron chi connectivity index (χ4n) is 3.58. The number of aliphatic imine (C=N–C) groups is 1. The van der Waals surface area contributed by atoms with Gasteiger partial charge in [-0.2, -0.15) is 0 Å². The van der Waals surface area contributed by atoms with Crippen molar-refractivity contribution in [1.29, 1.82) is 0 Å². The van der Waals surface area contributed by atoms with Gasteiger partial charge in [0.2, 0.25) is 0 Å². The molecule has 1 saturated heterocycles. The van der Waals surface area contributed by atoms with E-state index in [1.807, 2.05) is 6.07 Å². The molecule has 1 fully saturated rings. The summed E-state index contributed by atoms with van der Waals surface area (Å²) in [4.78, 5) is 4.33. The average Bonchev–Trinajstić information content (AvgIpc) is 3.34. The molecule has 2 aromatic carbocycles. The maximum atomic E-state index is 6.14. The van der Waals surface area contributed by atoms with Gasteiger partial charge in [-0.25, -0.2) is 0 Å². The molecule has 0 radical (unpaired) electrons. The molecular weight excluding hydrogens is 529 g/mol. The van der Waals surface area contributed by atoms with Crippen LogP contribution in [0, 0.1) is 12.8 Å². The molecule has 3 rings (SSSR count). The molecule has 6 nitrogen and oxygen atoms in total. The molecule has 1 heterocycles. The van der Waals surface area contributed by atoms with Crippen LogP contribution in [-0.2, 0) is 22.4 Å². The molecule has 7 heteroatoms. The predicted molar refractivity (Wildman–Crippen MR) is 145 cm³/mol. The fourth-order valence-corrected chi connectivity index (χ4v) is 3.58. The lowest BCUT2D eigenvalue weighted by atomic mass is 10.1. The standard InChI is InChI=1S/C26H37N3O3.HI/c1-21-9-10-24(25(17-21)32-20-23-12-16-31-19-23)18-29-26(27-2)28-13-6-14-30-15-11-22-7-4-3-5-8-22;/h3-5,7-10,17,23H,6,11-16,18-20H2,1-2H3,(H2,27,28,29);1H. The number of hydrogen-bond donors (Lipinski definition) is 2. The number of nitrogens with one attached hydrogen (secondary N) is 2. The van der Waals surface area contributed by atoms with E-state index in [2.05, 4.69) is 65.0 Å². The van der Waals surface area contributed by atoms with Crippen molar-refractivity contribution in [2.24, 2.45) is 10.9 Å². The molecule has 2 N–H and O–H groups in total. The Kier molecular flexibility index (Phi) is 13.2. The Morgan fingerprint density at radius 2 is 1.97 bits per heavy atom. The molecule has 0 saturated carbocycles. The minimum atomic E-state index is 0. The number of aryl methyl sites for hydroxylation is 1. The Bertz CT molecular complexity index is 827. The highest BCUT2D eigenvalue weighted by molar-refractivity contribution is 14.0. The first kappa shape index (κ1) is 27.4. The van der Waals surface area contributed by atoms with Gasteiger partial charge >= 0.3 is 0 Å². The van der Waals surface area contributed by atoms with Gasteiger partial charge < -0.3 is 24.8 Å². The van der Waals surface area contributed by atoms with E-state index in [9.17, 15) is 0 Å². The molecule has 1 aliphatic rings. The van der Waals surface area contributed by atoms with Crippen LogP contribution in [0.3, 0.4) is 0 Å². The van der Waals surface area contributed by atoms with Gasteiger partial charge in [-0.3, -0.25) is 4.99 Å². The third-order valence-electron chi connectivity index (χ3n) is 5.53. The van der Waals surface area contributed by atoms with Crippen LogP contribution in [0.25, 0.3) is 0 Å². The smallest absolute Gasteiger partial charge is 0.191 e. The van der Waals surface area contributed by atoms with Crippen molar-refractivity contribution < 1.29 is 14.2 Å². The van der Waals surface area contributed by atoms with Crippen molar-refractivity contribution in [3.05, 3.63) is 65.2 Å². The quantitative estimate of drug-likeness (QED) is 0.173. The minimum absolute atomic E-state index is 0. The Balaban J connectivity index is 0.00000385. The molecule has 33 heavy (non-hydrogen) atoms. The van der Waals surface area contributed by atoms with E-state index >= 15 is 0 Å². The molecule has 2 aromatic rings. The average molecular weight is 568 g/mol. The first-order valence-electron chi connectivity index (χ1n) is 11.6. The molecule has 1 aliphatic heterocycles. The zero-order valence-electron chi connectivity index (χ0n) is 19.8. The lowest BCUT2D eigenvalue weighted by Gasteiger charge is -2.17. The summed E-state index contributed by atoms with van der Waals surface area (Å²) in [5.41, 5.74) is 3.63. The Morgan fingerprint density at radius 1 is 1.12 bits per heavy atom. The summed E-state index contributed by atoms with van der Waals surface area (Å²) < 4.78 is 17.3. The molecule has 0 aliphatic carbocycles. The molecule has 0 aromatic heterocycles. The van der Waals surface area contributed by atoms with Crippen LogP contribution in [0.4, 0.5) is 0 Å². The van der Waals surface area contributed by atoms with E-state index < -0.39 is 0 Å². The molecule has 0 bridgehead atoms. The second kappa shape index (κ2) is 15.9. The van der Waals surface area contributed by atoms with Crippen LogP contribution in [0.2, 0.25) is 0 Å². The van der Waals surface area contributed by atoms with Gasteiger partial charge in [-0.15, -0.1) is 24.0 Å². The topological polar surface area (TPSA) is 64.1 Å². The van der Waals surface area contributed by atoms with E-state index in [1.165, 1.54) is 11.1 Å². The summed E-state index contributed by atoms with van der Waals surface area (Å²) in [7, 11) is 1.79. The van der Waals surface area contributed by atoms with Gasteiger partial charge in [0.25, 0.3) is 0 Å². The van der Waals surface area contributed by atoms with Crippen molar-refractivity contribution >= 4 is 29.9 Å². The maximum absolute atomic E-state index is 6.14. The van der Waals surface area contributed by atoms with Crippen molar-refractivity contribution in [2.75, 3.05) is 46.6 Å². The number of hydrogen-bond acceptors (Lipinski definition) is 4. The van der Waals surface area contributed by atoms with Gasteiger partial charge in [0.05, 0.1) is 19.8 Å². The van der Waals surface area contributed by atoms with Gasteiger partial charge in [0, 0.05) is 44.8 Å². The second-order valence-electron chi connectivity index (χ2n) is 8.21. The molecule has 182 valence electrons. The number of ether oxygens (including phenoxy) is 3. The van der Waals surface area contributed by atoms with Crippen LogP contribution in [0.5, 0.6) is 5.75 Å². The van der Waals surface area contributed by atoms with Gasteiger partial charge in [0.15, 0.2) is 5.96 Å². The summed E-state index contributed by atoms with van der Waals surface area (Å²) in [5.74, 6) is 2.21. The van der Waals surface area contributed by atoms with Crippen LogP contribution in [0.15, 0.2) is 53.5 Å². The first-order valence-corrected chi connectivity index (χ1v) is 11.6. The zero-order chi connectivity index (χ0) is 22.4. The lowest BCUT2D eigenvalue weighted by Crippen LogP contribution is -2.37. The van der Waals surface area contributed by atoms with E-state index in [-0.39, 0.29) is 24.0 Å². The largest absolute Gasteiger partial charge is 0.493 e. The summed E-state index contributed by atoms with van der Waals surface area (Å²) >= 11 is 0.